The second-order valence-electron chi connectivity index (χ2n) is 11.8. The van der Waals surface area contributed by atoms with Gasteiger partial charge in [-0.05, 0) is 74.1 Å². The molecule has 4 nitrogen and oxygen atoms in total. The molecule has 5 unspecified atom stereocenters. The van der Waals surface area contributed by atoms with Crippen LogP contribution in [-0.4, -0.2) is 37.3 Å². The molecule has 8 rings (SSSR count). The number of ether oxygens (including phenoxy) is 2. The molecule has 4 bridgehead atoms. The Balaban J connectivity index is 1.15. The highest BCUT2D eigenvalue weighted by atomic mass is 35.5. The van der Waals surface area contributed by atoms with Crippen molar-refractivity contribution in [3.63, 3.8) is 0 Å². The van der Waals surface area contributed by atoms with Crippen LogP contribution in [-0.2, 0) is 9.53 Å². The first-order valence-electron chi connectivity index (χ1n) is 12.5. The smallest absolute Gasteiger partial charge is 0.316 e. The van der Waals surface area contributed by atoms with Crippen molar-refractivity contribution in [2.45, 2.75) is 43.9 Å². The van der Waals surface area contributed by atoms with Crippen LogP contribution in [0.2, 0.25) is 5.02 Å². The first kappa shape index (κ1) is 20.3. The third-order valence-electron chi connectivity index (χ3n) is 9.53. The topological polar surface area (TPSA) is 35.5 Å². The fourth-order valence-electron chi connectivity index (χ4n) is 8.34. The Morgan fingerprint density at radius 2 is 1.73 bits per heavy atom. The van der Waals surface area contributed by atoms with Crippen LogP contribution in [0.4, 0.5) is 0 Å². The van der Waals surface area contributed by atoms with E-state index in [0.29, 0.717) is 12.6 Å². The van der Waals surface area contributed by atoms with Crippen molar-refractivity contribution in [2.24, 2.45) is 23.2 Å². The molecule has 4 aliphatic carbocycles. The van der Waals surface area contributed by atoms with Crippen molar-refractivity contribution in [2.75, 3.05) is 26.9 Å². The van der Waals surface area contributed by atoms with Gasteiger partial charge in [0.25, 0.3) is 0 Å². The Bertz CT molecular complexity index is 1130. The number of benzene rings is 2. The van der Waals surface area contributed by atoms with E-state index in [4.69, 9.17) is 21.1 Å². The molecule has 4 saturated carbocycles. The minimum atomic E-state index is -0.180. The van der Waals surface area contributed by atoms with Crippen LogP contribution < -0.4 is 4.74 Å². The van der Waals surface area contributed by atoms with Gasteiger partial charge >= 0.3 is 5.97 Å². The van der Waals surface area contributed by atoms with E-state index in [1.165, 1.54) is 24.0 Å². The van der Waals surface area contributed by atoms with Crippen LogP contribution in [0.3, 0.4) is 0 Å². The lowest BCUT2D eigenvalue weighted by atomic mass is 9.69. The van der Waals surface area contributed by atoms with E-state index in [1.807, 2.05) is 18.2 Å². The number of rotatable bonds is 3. The molecular formula is C28H31ClNO3+. The molecule has 2 aromatic carbocycles. The fourth-order valence-corrected chi connectivity index (χ4v) is 8.52. The second kappa shape index (κ2) is 6.99. The SMILES string of the molecule is C[N+]1(COC(=O)C23CC4CC(C2)C(C4)C3)CC2c3ccccc3Oc3ccc(Cl)cc3C2C1. The maximum Gasteiger partial charge on any atom is 0.316 e. The summed E-state index contributed by atoms with van der Waals surface area (Å²) in [6.07, 6.45) is 5.89. The lowest BCUT2D eigenvalue weighted by Crippen LogP contribution is -2.46. The summed E-state index contributed by atoms with van der Waals surface area (Å²) in [6.45, 7) is 2.28. The molecule has 2 aromatic rings. The highest BCUT2D eigenvalue weighted by Gasteiger charge is 2.60. The number of hydrogen-bond donors (Lipinski definition) is 0. The van der Waals surface area contributed by atoms with Gasteiger partial charge in [-0.3, -0.25) is 9.28 Å². The zero-order valence-corrected chi connectivity index (χ0v) is 19.9. The molecule has 5 atom stereocenters. The summed E-state index contributed by atoms with van der Waals surface area (Å²) in [7, 11) is 2.24. The summed E-state index contributed by atoms with van der Waals surface area (Å²) in [5.41, 5.74) is 2.23. The number of quaternary nitrogens is 1. The van der Waals surface area contributed by atoms with Gasteiger partial charge < -0.3 is 9.47 Å². The number of likely N-dealkylation sites (tertiary alicyclic amines) is 1. The molecule has 0 amide bonds. The number of para-hydroxylation sites is 1. The Labute approximate surface area is 200 Å². The first-order valence-corrected chi connectivity index (χ1v) is 12.9. The van der Waals surface area contributed by atoms with Gasteiger partial charge in [0.2, 0.25) is 6.73 Å². The molecular weight excluding hydrogens is 434 g/mol. The Hall–Kier alpha value is -2.04. The van der Waals surface area contributed by atoms with E-state index < -0.39 is 0 Å². The number of likely N-dealkylation sites (N-methyl/N-ethyl adjacent to an activating group) is 1. The van der Waals surface area contributed by atoms with Crippen LogP contribution in [0.15, 0.2) is 42.5 Å². The monoisotopic (exact) mass is 464 g/mol. The normalized spacial score (nSPS) is 39.4. The van der Waals surface area contributed by atoms with Crippen molar-refractivity contribution >= 4 is 17.6 Å². The quantitative estimate of drug-likeness (QED) is 0.406. The summed E-state index contributed by atoms with van der Waals surface area (Å²) in [4.78, 5) is 13.4. The largest absolute Gasteiger partial charge is 0.457 e. The lowest BCUT2D eigenvalue weighted by Gasteiger charge is -2.37. The molecule has 0 radical (unpaired) electrons. The van der Waals surface area contributed by atoms with Crippen molar-refractivity contribution in [3.05, 3.63) is 58.6 Å². The summed E-state index contributed by atoms with van der Waals surface area (Å²) >= 11 is 6.41. The summed E-state index contributed by atoms with van der Waals surface area (Å²) in [5, 5.41) is 0.736. The molecule has 2 aliphatic heterocycles. The highest BCUT2D eigenvalue weighted by Crippen LogP contribution is 2.64. The molecule has 33 heavy (non-hydrogen) atoms. The van der Waals surface area contributed by atoms with Gasteiger partial charge in [-0.15, -0.1) is 0 Å². The van der Waals surface area contributed by atoms with Crippen molar-refractivity contribution in [3.8, 4) is 11.5 Å². The number of esters is 1. The van der Waals surface area contributed by atoms with E-state index in [0.717, 1.165) is 71.1 Å². The van der Waals surface area contributed by atoms with Gasteiger partial charge in [0, 0.05) is 28.0 Å². The molecule has 172 valence electrons. The number of carbonyl (C=O) groups is 1. The van der Waals surface area contributed by atoms with Crippen molar-refractivity contribution in [1.82, 2.24) is 0 Å². The third-order valence-corrected chi connectivity index (χ3v) is 9.77. The van der Waals surface area contributed by atoms with Gasteiger partial charge in [-0.2, -0.15) is 0 Å². The number of nitrogens with zero attached hydrogens (tertiary/aromatic N) is 1. The lowest BCUT2D eigenvalue weighted by molar-refractivity contribution is -0.915. The first-order chi connectivity index (χ1) is 15.9. The molecule has 2 heterocycles. The summed E-state index contributed by atoms with van der Waals surface area (Å²) in [5.74, 6) is 4.80. The molecule has 5 fully saturated rings. The third kappa shape index (κ3) is 3.10. The minimum Gasteiger partial charge on any atom is -0.457 e. The molecule has 1 saturated heterocycles. The number of halogens is 1. The van der Waals surface area contributed by atoms with Crippen molar-refractivity contribution < 1.29 is 18.8 Å². The van der Waals surface area contributed by atoms with E-state index in [-0.39, 0.29) is 17.3 Å². The second-order valence-corrected chi connectivity index (χ2v) is 12.3. The highest BCUT2D eigenvalue weighted by molar-refractivity contribution is 6.30. The Morgan fingerprint density at radius 1 is 1.03 bits per heavy atom. The molecule has 5 heteroatoms. The molecule has 0 N–H and O–H groups in total. The van der Waals surface area contributed by atoms with Gasteiger partial charge in [0.15, 0.2) is 0 Å². The predicted octanol–water partition coefficient (Wildman–Crippen LogP) is 6.10. The standard InChI is InChI=1S/C28H31ClNO3/c1-30(16-32-27(31)28-11-17-8-18(12-28)19(9-17)13-28)14-23-21-4-2-3-5-25(21)33-26-7-6-20(29)10-22(26)24(23)15-30/h2-7,10,17-19,23-24H,8-9,11-16H2,1H3/q+1. The summed E-state index contributed by atoms with van der Waals surface area (Å²) < 4.78 is 13.2. The van der Waals surface area contributed by atoms with Crippen molar-refractivity contribution in [1.29, 1.82) is 0 Å². The average molecular weight is 465 g/mol. The van der Waals surface area contributed by atoms with Gasteiger partial charge in [-0.25, -0.2) is 0 Å². The maximum absolute atomic E-state index is 13.4. The molecule has 0 spiro atoms. The van der Waals surface area contributed by atoms with Crippen LogP contribution in [0, 0.1) is 23.2 Å². The Morgan fingerprint density at radius 3 is 2.48 bits per heavy atom. The number of fused-ring (bicyclic) bond motifs is 5. The number of hydrogen-bond acceptors (Lipinski definition) is 3. The van der Waals surface area contributed by atoms with Gasteiger partial charge in [0.1, 0.15) is 11.5 Å². The Kier molecular flexibility index (Phi) is 4.31. The van der Waals surface area contributed by atoms with Gasteiger partial charge in [-0.1, -0.05) is 29.8 Å². The zero-order chi connectivity index (χ0) is 22.4. The van der Waals surface area contributed by atoms with Crippen LogP contribution in [0.25, 0.3) is 0 Å². The predicted molar refractivity (Wildman–Crippen MR) is 126 cm³/mol. The average Bonchev–Trinajstić information content (AvgIpc) is 3.35. The fraction of sp³-hybridized carbons (Fsp3) is 0.536. The zero-order valence-electron chi connectivity index (χ0n) is 19.1. The minimum absolute atomic E-state index is 0.0815. The summed E-state index contributed by atoms with van der Waals surface area (Å²) in [6, 6.07) is 14.3. The molecule has 0 aromatic heterocycles. The number of carbonyl (C=O) groups excluding carboxylic acids is 1. The molecule has 6 aliphatic rings. The van der Waals surface area contributed by atoms with E-state index >= 15 is 0 Å². The van der Waals surface area contributed by atoms with Crippen LogP contribution in [0.5, 0.6) is 11.5 Å². The van der Waals surface area contributed by atoms with Crippen LogP contribution in [0.1, 0.15) is 55.1 Å². The van der Waals surface area contributed by atoms with Crippen LogP contribution >= 0.6 is 11.6 Å². The van der Waals surface area contributed by atoms with E-state index in [2.05, 4.69) is 31.3 Å². The maximum atomic E-state index is 13.4. The van der Waals surface area contributed by atoms with Gasteiger partial charge in [0.05, 0.1) is 25.6 Å². The van der Waals surface area contributed by atoms with E-state index in [1.54, 1.807) is 0 Å². The van der Waals surface area contributed by atoms with E-state index in [9.17, 15) is 4.79 Å².